The smallest absolute Gasteiger partial charge is 0.0654 e. The maximum atomic E-state index is 2.30. The van der Waals surface area contributed by atoms with Crippen LogP contribution in [0.15, 0.2) is 0 Å². The molecule has 0 aliphatic carbocycles. The van der Waals surface area contributed by atoms with Crippen LogP contribution in [0, 0.1) is 0 Å². The molecule has 0 unspecified atom stereocenters. The highest BCUT2D eigenvalue weighted by Gasteiger charge is 2.20. The van der Waals surface area contributed by atoms with Crippen molar-refractivity contribution in [1.29, 1.82) is 0 Å². The quantitative estimate of drug-likeness (QED) is 0.423. The minimum absolute atomic E-state index is 0.847. The summed E-state index contributed by atoms with van der Waals surface area (Å²) in [6, 6.07) is 0. The molecule has 1 aliphatic rings. The van der Waals surface area contributed by atoms with Gasteiger partial charge in [0.2, 0.25) is 0 Å². The van der Waals surface area contributed by atoms with Crippen LogP contribution < -0.4 is 0 Å². The lowest BCUT2D eigenvalue weighted by atomic mass is 10.1. The fraction of sp³-hybridized carbons (Fsp3) is 1.00. The summed E-state index contributed by atoms with van der Waals surface area (Å²) in [5, 5.41) is 0. The molecule has 0 nitrogen and oxygen atoms in total. The summed E-state index contributed by atoms with van der Waals surface area (Å²) in [6.07, 6.45) is 14.9. The Hall–Kier alpha value is 0.350. The molecule has 0 radical (unpaired) electrons. The van der Waals surface area contributed by atoms with Crippen molar-refractivity contribution in [2.45, 2.75) is 71.1 Å². The summed E-state index contributed by atoms with van der Waals surface area (Å²) in [6.45, 7) is 2.30. The largest absolute Gasteiger partial charge is 0.108 e. The third-order valence-electron chi connectivity index (χ3n) is 3.40. The van der Waals surface area contributed by atoms with E-state index in [1.807, 2.05) is 0 Å². The van der Waals surface area contributed by atoms with Crippen molar-refractivity contribution < 1.29 is 0 Å². The Morgan fingerprint density at radius 3 is 2.00 bits per heavy atom. The molecule has 0 aromatic carbocycles. The first-order chi connectivity index (χ1) is 7.43. The minimum Gasteiger partial charge on any atom is -0.0654 e. The summed E-state index contributed by atoms with van der Waals surface area (Å²) >= 11 is 0. The third-order valence-corrected chi connectivity index (χ3v) is 6.00. The van der Waals surface area contributed by atoms with E-state index in [2.05, 4.69) is 6.92 Å². The topological polar surface area (TPSA) is 0 Å². The predicted octanol–water partition coefficient (Wildman–Crippen LogP) is 4.54. The number of hydrogen-bond acceptors (Lipinski definition) is 0. The van der Waals surface area contributed by atoms with E-state index in [9.17, 15) is 0 Å². The molecule has 1 heterocycles. The van der Waals surface area contributed by atoms with Crippen LogP contribution in [0.1, 0.15) is 71.1 Å². The van der Waals surface area contributed by atoms with E-state index in [1.165, 1.54) is 64.2 Å². The van der Waals surface area contributed by atoms with Crippen molar-refractivity contribution in [1.82, 2.24) is 0 Å². The van der Waals surface area contributed by atoms with Crippen LogP contribution in [-0.4, -0.2) is 17.3 Å². The van der Waals surface area contributed by atoms with Gasteiger partial charge in [-0.3, -0.25) is 0 Å². The molecule has 1 heteroatoms. The molecular weight excluding hydrogens is 200 g/mol. The van der Waals surface area contributed by atoms with Gasteiger partial charge in [0.25, 0.3) is 0 Å². The minimum atomic E-state index is 0.847. The van der Waals surface area contributed by atoms with Crippen LogP contribution in [0.3, 0.4) is 0 Å². The maximum absolute atomic E-state index is 2.30. The number of rotatable bonds is 8. The summed E-state index contributed by atoms with van der Waals surface area (Å²) in [7, 11) is 0.847. The number of hydrogen-bond donors (Lipinski definition) is 0. The molecule has 1 fully saturated rings. The highest BCUT2D eigenvalue weighted by molar-refractivity contribution is 7.96. The van der Waals surface area contributed by atoms with Gasteiger partial charge in [-0.15, -0.1) is 0 Å². The van der Waals surface area contributed by atoms with Crippen LogP contribution in [0.4, 0.5) is 0 Å². The Morgan fingerprint density at radius 1 is 0.733 bits per heavy atom. The van der Waals surface area contributed by atoms with Crippen LogP contribution in [0.25, 0.3) is 0 Å². The molecule has 1 saturated heterocycles. The average Bonchev–Trinajstić information content (AvgIpc) is 2.29. The van der Waals surface area contributed by atoms with Crippen molar-refractivity contribution in [2.75, 3.05) is 17.3 Å². The molecule has 0 N–H and O–H groups in total. The van der Waals surface area contributed by atoms with Crippen molar-refractivity contribution in [3.05, 3.63) is 0 Å². The van der Waals surface area contributed by atoms with E-state index >= 15 is 0 Å². The molecule has 0 spiro atoms. The SMILES string of the molecule is CCCCCCCCC[S+]1CCCCC1. The first-order valence-electron chi connectivity index (χ1n) is 7.07. The lowest BCUT2D eigenvalue weighted by molar-refractivity contribution is 0.603. The Balaban J connectivity index is 1.79. The van der Waals surface area contributed by atoms with Crippen LogP contribution in [0.2, 0.25) is 0 Å². The van der Waals surface area contributed by atoms with E-state index in [0.717, 1.165) is 10.9 Å². The van der Waals surface area contributed by atoms with E-state index in [1.54, 1.807) is 17.3 Å². The van der Waals surface area contributed by atoms with Crippen molar-refractivity contribution in [3.8, 4) is 0 Å². The van der Waals surface area contributed by atoms with Crippen LogP contribution >= 0.6 is 0 Å². The Labute approximate surface area is 99.6 Å². The highest BCUT2D eigenvalue weighted by atomic mass is 32.2. The standard InChI is InChI=1S/C14H29S/c1-2-3-4-5-6-7-9-12-15-13-10-8-11-14-15/h2-14H2,1H3/q+1. The molecule has 0 aromatic rings. The van der Waals surface area contributed by atoms with Gasteiger partial charge in [-0.05, 0) is 43.0 Å². The molecule has 1 rings (SSSR count). The molecule has 90 valence electrons. The second-order valence-corrected chi connectivity index (χ2v) is 7.36. The Morgan fingerprint density at radius 2 is 1.33 bits per heavy atom. The summed E-state index contributed by atoms with van der Waals surface area (Å²) < 4.78 is 0. The maximum Gasteiger partial charge on any atom is 0.108 e. The van der Waals surface area contributed by atoms with Gasteiger partial charge < -0.3 is 0 Å². The molecule has 0 aromatic heterocycles. The average molecular weight is 229 g/mol. The molecular formula is C14H29S+. The monoisotopic (exact) mass is 229 g/mol. The van der Waals surface area contributed by atoms with Gasteiger partial charge in [0.05, 0.1) is 0 Å². The molecule has 15 heavy (non-hydrogen) atoms. The van der Waals surface area contributed by atoms with Crippen LogP contribution in [0.5, 0.6) is 0 Å². The second-order valence-electron chi connectivity index (χ2n) is 4.91. The fourth-order valence-corrected chi connectivity index (χ4v) is 4.81. The van der Waals surface area contributed by atoms with Gasteiger partial charge in [0.1, 0.15) is 17.3 Å². The summed E-state index contributed by atoms with van der Waals surface area (Å²) in [5.41, 5.74) is 0. The molecule has 0 amide bonds. The number of unbranched alkanes of at least 4 members (excludes halogenated alkanes) is 6. The lowest BCUT2D eigenvalue weighted by Crippen LogP contribution is -2.20. The molecule has 1 aliphatic heterocycles. The van der Waals surface area contributed by atoms with Gasteiger partial charge in [0, 0.05) is 0 Å². The summed E-state index contributed by atoms with van der Waals surface area (Å²) in [5.74, 6) is 4.69. The second kappa shape index (κ2) is 9.57. The molecule has 0 atom stereocenters. The Bertz CT molecular complexity index is 127. The van der Waals surface area contributed by atoms with E-state index in [4.69, 9.17) is 0 Å². The van der Waals surface area contributed by atoms with Gasteiger partial charge in [-0.1, -0.05) is 39.0 Å². The van der Waals surface area contributed by atoms with Gasteiger partial charge in [0.15, 0.2) is 0 Å². The van der Waals surface area contributed by atoms with Gasteiger partial charge in [-0.25, -0.2) is 0 Å². The zero-order valence-corrected chi connectivity index (χ0v) is 11.4. The zero-order chi connectivity index (χ0) is 10.8. The highest BCUT2D eigenvalue weighted by Crippen LogP contribution is 2.16. The van der Waals surface area contributed by atoms with Crippen LogP contribution in [-0.2, 0) is 10.9 Å². The van der Waals surface area contributed by atoms with E-state index in [-0.39, 0.29) is 0 Å². The molecule has 0 saturated carbocycles. The van der Waals surface area contributed by atoms with Gasteiger partial charge >= 0.3 is 0 Å². The predicted molar refractivity (Wildman–Crippen MR) is 73.8 cm³/mol. The summed E-state index contributed by atoms with van der Waals surface area (Å²) in [4.78, 5) is 0. The zero-order valence-electron chi connectivity index (χ0n) is 10.6. The normalized spacial score (nSPS) is 18.2. The third kappa shape index (κ3) is 7.27. The van der Waals surface area contributed by atoms with Crippen molar-refractivity contribution >= 4 is 10.9 Å². The Kier molecular flexibility index (Phi) is 8.56. The van der Waals surface area contributed by atoms with Crippen molar-refractivity contribution in [3.63, 3.8) is 0 Å². The fourth-order valence-electron chi connectivity index (χ4n) is 2.36. The first-order valence-corrected chi connectivity index (χ1v) is 8.81. The lowest BCUT2D eigenvalue weighted by Gasteiger charge is -2.13. The van der Waals surface area contributed by atoms with Gasteiger partial charge in [-0.2, -0.15) is 0 Å². The van der Waals surface area contributed by atoms with Crippen molar-refractivity contribution in [2.24, 2.45) is 0 Å². The van der Waals surface area contributed by atoms with E-state index < -0.39 is 0 Å². The van der Waals surface area contributed by atoms with E-state index in [0.29, 0.717) is 0 Å². The molecule has 0 bridgehead atoms. The first kappa shape index (κ1) is 13.4.